The Labute approximate surface area is 79.2 Å². The lowest BCUT2D eigenvalue weighted by Crippen LogP contribution is -2.29. The van der Waals surface area contributed by atoms with Crippen LogP contribution in [0.4, 0.5) is 0 Å². The van der Waals surface area contributed by atoms with Crippen molar-refractivity contribution in [3.63, 3.8) is 0 Å². The minimum atomic E-state index is 0.0756. The first-order valence-electron chi connectivity index (χ1n) is 4.34. The van der Waals surface area contributed by atoms with Crippen molar-refractivity contribution >= 4 is 0 Å². The molecule has 1 rings (SSSR count). The summed E-state index contributed by atoms with van der Waals surface area (Å²) < 4.78 is 1.99. The first-order chi connectivity index (χ1) is 6.15. The van der Waals surface area contributed by atoms with Crippen molar-refractivity contribution in [3.05, 3.63) is 18.2 Å². The fourth-order valence-corrected chi connectivity index (χ4v) is 1.29. The average molecular weight is 177 g/mol. The molecule has 1 aromatic heterocycles. The summed E-state index contributed by atoms with van der Waals surface area (Å²) in [6, 6.07) is 0.262. The third kappa shape index (κ3) is 2.33. The molecule has 2 unspecified atom stereocenters. The van der Waals surface area contributed by atoms with E-state index >= 15 is 0 Å². The van der Waals surface area contributed by atoms with Gasteiger partial charge in [-0.1, -0.05) is 5.92 Å². The number of aryl methyl sites for hydroxylation is 1. The number of imidazole rings is 1. The number of nitrogens with zero attached hydrogens (tertiary/aromatic N) is 2. The van der Waals surface area contributed by atoms with E-state index in [1.54, 1.807) is 6.20 Å². The predicted molar refractivity (Wildman–Crippen MR) is 53.1 cm³/mol. The van der Waals surface area contributed by atoms with Gasteiger partial charge in [0.15, 0.2) is 0 Å². The van der Waals surface area contributed by atoms with Gasteiger partial charge in [0.2, 0.25) is 0 Å². The molecule has 1 N–H and O–H groups in total. The number of hydrogen-bond acceptors (Lipinski definition) is 2. The van der Waals surface area contributed by atoms with Gasteiger partial charge in [-0.2, -0.15) is 0 Å². The Hall–Kier alpha value is -1.27. The molecule has 2 atom stereocenters. The summed E-state index contributed by atoms with van der Waals surface area (Å²) in [5.41, 5.74) is 0. The lowest BCUT2D eigenvalue weighted by Gasteiger charge is -2.15. The zero-order valence-corrected chi connectivity index (χ0v) is 8.28. The standard InChI is InChI=1S/C10H15N3/c1-5-8(2)12-9(3)10-11-6-7-13(10)4/h1,6-9,12H,2-4H3. The summed E-state index contributed by atoms with van der Waals surface area (Å²) in [6.07, 6.45) is 8.98. The van der Waals surface area contributed by atoms with E-state index in [9.17, 15) is 0 Å². The highest BCUT2D eigenvalue weighted by molar-refractivity contribution is 5.02. The Morgan fingerprint density at radius 3 is 2.77 bits per heavy atom. The average Bonchev–Trinajstić information content (AvgIpc) is 2.51. The quantitative estimate of drug-likeness (QED) is 0.700. The molecule has 1 aromatic rings. The second-order valence-electron chi connectivity index (χ2n) is 3.17. The largest absolute Gasteiger partial charge is 0.337 e. The number of nitrogens with one attached hydrogen (secondary N) is 1. The third-order valence-electron chi connectivity index (χ3n) is 2.00. The van der Waals surface area contributed by atoms with Gasteiger partial charge in [-0.3, -0.25) is 5.32 Å². The normalized spacial score (nSPS) is 14.9. The maximum absolute atomic E-state index is 5.27. The Morgan fingerprint density at radius 2 is 2.31 bits per heavy atom. The SMILES string of the molecule is C#CC(C)NC(C)c1nccn1C. The van der Waals surface area contributed by atoms with E-state index in [1.165, 1.54) is 0 Å². The smallest absolute Gasteiger partial charge is 0.125 e. The fourth-order valence-electron chi connectivity index (χ4n) is 1.29. The number of hydrogen-bond donors (Lipinski definition) is 1. The molecule has 0 bridgehead atoms. The van der Waals surface area contributed by atoms with Gasteiger partial charge >= 0.3 is 0 Å². The van der Waals surface area contributed by atoms with Crippen LogP contribution in [-0.2, 0) is 7.05 Å². The van der Waals surface area contributed by atoms with Crippen molar-refractivity contribution in [1.82, 2.24) is 14.9 Å². The van der Waals surface area contributed by atoms with Gasteiger partial charge in [0.1, 0.15) is 5.82 Å². The van der Waals surface area contributed by atoms with Gasteiger partial charge in [-0.05, 0) is 13.8 Å². The topological polar surface area (TPSA) is 29.9 Å². The molecule has 0 aliphatic rings. The van der Waals surface area contributed by atoms with Crippen molar-refractivity contribution in [1.29, 1.82) is 0 Å². The second kappa shape index (κ2) is 4.11. The van der Waals surface area contributed by atoms with Crippen LogP contribution in [0.25, 0.3) is 0 Å². The molecule has 0 aromatic carbocycles. The van der Waals surface area contributed by atoms with Gasteiger partial charge in [-0.25, -0.2) is 4.98 Å². The van der Waals surface area contributed by atoms with Crippen molar-refractivity contribution in [2.75, 3.05) is 0 Å². The number of terminal acetylenes is 1. The summed E-state index contributed by atoms with van der Waals surface area (Å²) in [7, 11) is 1.97. The highest BCUT2D eigenvalue weighted by atomic mass is 15.1. The van der Waals surface area contributed by atoms with Gasteiger partial charge in [0.05, 0.1) is 12.1 Å². The highest BCUT2D eigenvalue weighted by Crippen LogP contribution is 2.08. The zero-order chi connectivity index (χ0) is 9.84. The molecule has 1 heterocycles. The van der Waals surface area contributed by atoms with E-state index < -0.39 is 0 Å². The Kier molecular flexibility index (Phi) is 3.10. The maximum Gasteiger partial charge on any atom is 0.125 e. The molecule has 0 spiro atoms. The lowest BCUT2D eigenvalue weighted by atomic mass is 10.2. The molecule has 0 fully saturated rings. The number of aromatic nitrogens is 2. The van der Waals surface area contributed by atoms with Crippen LogP contribution >= 0.6 is 0 Å². The van der Waals surface area contributed by atoms with Crippen molar-refractivity contribution in [2.24, 2.45) is 7.05 Å². The van der Waals surface area contributed by atoms with Crippen LogP contribution in [0.3, 0.4) is 0 Å². The third-order valence-corrected chi connectivity index (χ3v) is 2.00. The van der Waals surface area contributed by atoms with Gasteiger partial charge in [0.25, 0.3) is 0 Å². The van der Waals surface area contributed by atoms with Crippen molar-refractivity contribution in [3.8, 4) is 12.3 Å². The monoisotopic (exact) mass is 177 g/mol. The van der Waals surface area contributed by atoms with Gasteiger partial charge < -0.3 is 4.57 Å². The summed E-state index contributed by atoms with van der Waals surface area (Å²) in [4.78, 5) is 4.23. The lowest BCUT2D eigenvalue weighted by molar-refractivity contribution is 0.509. The second-order valence-corrected chi connectivity index (χ2v) is 3.17. The Balaban J connectivity index is 2.65. The molecular formula is C10H15N3. The summed E-state index contributed by atoms with van der Waals surface area (Å²) in [5, 5.41) is 3.25. The molecule has 0 aliphatic carbocycles. The van der Waals surface area contributed by atoms with Crippen LogP contribution in [0.5, 0.6) is 0 Å². The zero-order valence-electron chi connectivity index (χ0n) is 8.28. The maximum atomic E-state index is 5.27. The molecule has 0 saturated heterocycles. The molecule has 0 aliphatic heterocycles. The van der Waals surface area contributed by atoms with E-state index in [4.69, 9.17) is 6.42 Å². The first-order valence-corrected chi connectivity index (χ1v) is 4.34. The molecular weight excluding hydrogens is 162 g/mol. The fraction of sp³-hybridized carbons (Fsp3) is 0.500. The van der Waals surface area contributed by atoms with Gasteiger partial charge in [0, 0.05) is 19.4 Å². The van der Waals surface area contributed by atoms with Gasteiger partial charge in [-0.15, -0.1) is 6.42 Å². The van der Waals surface area contributed by atoms with E-state index in [0.29, 0.717) is 0 Å². The molecule has 13 heavy (non-hydrogen) atoms. The summed E-state index contributed by atoms with van der Waals surface area (Å²) in [6.45, 7) is 4.01. The van der Waals surface area contributed by atoms with Crippen LogP contribution < -0.4 is 5.32 Å². The van der Waals surface area contributed by atoms with Crippen LogP contribution in [0.1, 0.15) is 25.7 Å². The predicted octanol–water partition coefficient (Wildman–Crippen LogP) is 1.09. The molecule has 70 valence electrons. The molecule has 0 radical (unpaired) electrons. The van der Waals surface area contributed by atoms with Crippen LogP contribution in [0.2, 0.25) is 0 Å². The van der Waals surface area contributed by atoms with E-state index in [2.05, 4.69) is 23.1 Å². The van der Waals surface area contributed by atoms with E-state index in [1.807, 2.05) is 24.7 Å². The van der Waals surface area contributed by atoms with Crippen LogP contribution in [0.15, 0.2) is 12.4 Å². The molecule has 3 heteroatoms. The molecule has 0 saturated carbocycles. The van der Waals surface area contributed by atoms with Crippen molar-refractivity contribution in [2.45, 2.75) is 25.9 Å². The Morgan fingerprint density at radius 1 is 1.62 bits per heavy atom. The molecule has 0 amide bonds. The van der Waals surface area contributed by atoms with E-state index in [-0.39, 0.29) is 12.1 Å². The minimum absolute atomic E-state index is 0.0756. The highest BCUT2D eigenvalue weighted by Gasteiger charge is 2.10. The Bertz CT molecular complexity index is 308. The summed E-state index contributed by atoms with van der Waals surface area (Å²) in [5.74, 6) is 3.63. The first kappa shape index (κ1) is 9.82. The van der Waals surface area contributed by atoms with Crippen LogP contribution in [0, 0.1) is 12.3 Å². The van der Waals surface area contributed by atoms with E-state index in [0.717, 1.165) is 5.82 Å². The number of rotatable bonds is 3. The summed E-state index contributed by atoms with van der Waals surface area (Å²) >= 11 is 0. The minimum Gasteiger partial charge on any atom is -0.337 e. The van der Waals surface area contributed by atoms with Crippen molar-refractivity contribution < 1.29 is 0 Å². The molecule has 3 nitrogen and oxygen atoms in total. The van der Waals surface area contributed by atoms with Crippen LogP contribution in [-0.4, -0.2) is 15.6 Å².